The number of benzene rings is 1. The number of likely N-dealkylation sites (tertiary alicyclic amines) is 1. The van der Waals surface area contributed by atoms with Crippen LogP contribution in [-0.2, 0) is 4.79 Å². The summed E-state index contributed by atoms with van der Waals surface area (Å²) in [7, 11) is 0. The Morgan fingerprint density at radius 3 is 2.20 bits per heavy atom. The molecule has 0 radical (unpaired) electrons. The van der Waals surface area contributed by atoms with Gasteiger partial charge in [-0.2, -0.15) is 0 Å². The van der Waals surface area contributed by atoms with Crippen molar-refractivity contribution in [2.24, 2.45) is 0 Å². The molecular weight excluding hydrogens is 250 g/mol. The van der Waals surface area contributed by atoms with E-state index in [9.17, 15) is 9.90 Å². The van der Waals surface area contributed by atoms with E-state index in [0.717, 1.165) is 29.8 Å². The van der Waals surface area contributed by atoms with E-state index in [2.05, 4.69) is 24.0 Å². The van der Waals surface area contributed by atoms with Gasteiger partial charge in [-0.1, -0.05) is 24.1 Å². The lowest BCUT2D eigenvalue weighted by Crippen LogP contribution is -2.36. The molecule has 1 atom stereocenters. The fraction of sp³-hybridized carbons (Fsp3) is 0.588. The highest BCUT2D eigenvalue weighted by Gasteiger charge is 2.26. The number of hydrogen-bond acceptors (Lipinski definition) is 2. The maximum absolute atomic E-state index is 11.7. The van der Waals surface area contributed by atoms with Crippen LogP contribution < -0.4 is 0 Å². The van der Waals surface area contributed by atoms with E-state index >= 15 is 0 Å². The first-order valence-electron chi connectivity index (χ1n) is 7.52. The summed E-state index contributed by atoms with van der Waals surface area (Å²) in [5, 5.41) is 9.65. The predicted octanol–water partition coefficient (Wildman–Crippen LogP) is 3.27. The minimum atomic E-state index is -0.703. The fourth-order valence-corrected chi connectivity index (χ4v) is 3.43. The summed E-state index contributed by atoms with van der Waals surface area (Å²) in [6, 6.07) is 4.18. The summed E-state index contributed by atoms with van der Waals surface area (Å²) < 4.78 is 0. The van der Waals surface area contributed by atoms with Crippen LogP contribution in [0.5, 0.6) is 0 Å². The minimum Gasteiger partial charge on any atom is -0.481 e. The molecule has 1 saturated heterocycles. The average molecular weight is 275 g/mol. The lowest BCUT2D eigenvalue weighted by molar-refractivity contribution is -0.139. The quantitative estimate of drug-likeness (QED) is 0.917. The number of hydrogen-bond donors (Lipinski definition) is 1. The maximum Gasteiger partial charge on any atom is 0.312 e. The van der Waals surface area contributed by atoms with E-state index in [4.69, 9.17) is 0 Å². The first-order valence-corrected chi connectivity index (χ1v) is 7.52. The number of aryl methyl sites for hydroxylation is 3. The molecule has 3 nitrogen and oxygen atoms in total. The Kier molecular flexibility index (Phi) is 4.81. The summed E-state index contributed by atoms with van der Waals surface area (Å²) in [6.45, 7) is 8.83. The Morgan fingerprint density at radius 1 is 1.15 bits per heavy atom. The van der Waals surface area contributed by atoms with E-state index < -0.39 is 11.9 Å². The first-order chi connectivity index (χ1) is 9.49. The van der Waals surface area contributed by atoms with E-state index in [0.29, 0.717) is 6.54 Å². The number of carboxylic acids is 1. The smallest absolute Gasteiger partial charge is 0.312 e. The van der Waals surface area contributed by atoms with Crippen molar-refractivity contribution in [3.63, 3.8) is 0 Å². The average Bonchev–Trinajstić information content (AvgIpc) is 2.37. The number of aliphatic carboxylic acids is 1. The van der Waals surface area contributed by atoms with Gasteiger partial charge in [0.15, 0.2) is 0 Å². The monoisotopic (exact) mass is 275 g/mol. The van der Waals surface area contributed by atoms with Crippen molar-refractivity contribution in [1.29, 1.82) is 0 Å². The van der Waals surface area contributed by atoms with Crippen LogP contribution in [0.4, 0.5) is 0 Å². The van der Waals surface area contributed by atoms with Gasteiger partial charge in [-0.15, -0.1) is 0 Å². The summed E-state index contributed by atoms with van der Waals surface area (Å²) in [4.78, 5) is 14.0. The molecule has 0 aliphatic carbocycles. The standard InChI is InChI=1S/C17H25NO2/c1-12-9-13(2)16(14(3)10-12)15(17(19)20)11-18-7-5-4-6-8-18/h9-10,15H,4-8,11H2,1-3H3,(H,19,20). The van der Waals surface area contributed by atoms with Crippen LogP contribution >= 0.6 is 0 Å². The van der Waals surface area contributed by atoms with Gasteiger partial charge in [0.05, 0.1) is 5.92 Å². The van der Waals surface area contributed by atoms with Gasteiger partial charge in [-0.05, 0) is 63.4 Å². The largest absolute Gasteiger partial charge is 0.481 e. The molecule has 0 spiro atoms. The molecule has 1 aliphatic heterocycles. The highest BCUT2D eigenvalue weighted by atomic mass is 16.4. The van der Waals surface area contributed by atoms with E-state index in [-0.39, 0.29) is 0 Å². The molecule has 1 aliphatic rings. The summed E-state index contributed by atoms with van der Waals surface area (Å²) in [5.74, 6) is -1.11. The summed E-state index contributed by atoms with van der Waals surface area (Å²) in [6.07, 6.45) is 3.66. The molecule has 1 aromatic rings. The molecule has 3 heteroatoms. The fourth-order valence-electron chi connectivity index (χ4n) is 3.43. The minimum absolute atomic E-state index is 0.409. The molecule has 1 N–H and O–H groups in total. The number of rotatable bonds is 4. The number of carboxylic acid groups (broad SMARTS) is 1. The van der Waals surface area contributed by atoms with Crippen LogP contribution in [0, 0.1) is 20.8 Å². The second kappa shape index (κ2) is 6.40. The van der Waals surface area contributed by atoms with E-state index in [1.807, 2.05) is 13.8 Å². The van der Waals surface area contributed by atoms with Gasteiger partial charge < -0.3 is 10.0 Å². The van der Waals surface area contributed by atoms with Crippen molar-refractivity contribution in [1.82, 2.24) is 4.90 Å². The van der Waals surface area contributed by atoms with Crippen molar-refractivity contribution in [2.45, 2.75) is 46.0 Å². The van der Waals surface area contributed by atoms with Crippen LogP contribution in [0.2, 0.25) is 0 Å². The second-order valence-electron chi connectivity index (χ2n) is 6.06. The maximum atomic E-state index is 11.7. The zero-order valence-corrected chi connectivity index (χ0v) is 12.8. The van der Waals surface area contributed by atoms with Gasteiger partial charge >= 0.3 is 5.97 Å². The molecule has 0 amide bonds. The van der Waals surface area contributed by atoms with Crippen LogP contribution in [0.1, 0.15) is 47.4 Å². The van der Waals surface area contributed by atoms with Crippen LogP contribution in [0.15, 0.2) is 12.1 Å². The molecule has 110 valence electrons. The number of piperidine rings is 1. The van der Waals surface area contributed by atoms with Crippen LogP contribution in [0.3, 0.4) is 0 Å². The zero-order valence-electron chi connectivity index (χ0n) is 12.8. The molecule has 1 unspecified atom stereocenters. The van der Waals surface area contributed by atoms with Gasteiger partial charge in [0.1, 0.15) is 0 Å². The van der Waals surface area contributed by atoms with Gasteiger partial charge in [-0.3, -0.25) is 4.79 Å². The van der Waals surface area contributed by atoms with Crippen molar-refractivity contribution in [2.75, 3.05) is 19.6 Å². The summed E-state index contributed by atoms with van der Waals surface area (Å²) in [5.41, 5.74) is 4.42. The Bertz CT molecular complexity index is 467. The lowest BCUT2D eigenvalue weighted by atomic mass is 9.88. The Hall–Kier alpha value is -1.35. The van der Waals surface area contributed by atoms with E-state index in [1.165, 1.54) is 24.8 Å². The van der Waals surface area contributed by atoms with Gasteiger partial charge in [0.25, 0.3) is 0 Å². The topological polar surface area (TPSA) is 40.5 Å². The molecule has 2 rings (SSSR count). The zero-order chi connectivity index (χ0) is 14.7. The van der Waals surface area contributed by atoms with Gasteiger partial charge in [0.2, 0.25) is 0 Å². The Balaban J connectivity index is 2.26. The van der Waals surface area contributed by atoms with Crippen molar-refractivity contribution >= 4 is 5.97 Å². The molecule has 0 aromatic heterocycles. The summed E-state index contributed by atoms with van der Waals surface area (Å²) >= 11 is 0. The normalized spacial score (nSPS) is 17.9. The highest BCUT2D eigenvalue weighted by Crippen LogP contribution is 2.27. The molecule has 1 fully saturated rings. The SMILES string of the molecule is Cc1cc(C)c(C(CN2CCCCC2)C(=O)O)c(C)c1. The van der Waals surface area contributed by atoms with Gasteiger partial charge in [-0.25, -0.2) is 0 Å². The van der Waals surface area contributed by atoms with Crippen LogP contribution in [0.25, 0.3) is 0 Å². The third-order valence-electron chi connectivity index (χ3n) is 4.27. The number of carbonyl (C=O) groups is 1. The molecule has 0 bridgehead atoms. The van der Waals surface area contributed by atoms with Gasteiger partial charge in [0, 0.05) is 6.54 Å². The lowest BCUT2D eigenvalue weighted by Gasteiger charge is -2.30. The Morgan fingerprint density at radius 2 is 1.70 bits per heavy atom. The highest BCUT2D eigenvalue weighted by molar-refractivity contribution is 5.77. The second-order valence-corrected chi connectivity index (χ2v) is 6.06. The number of nitrogens with zero attached hydrogens (tertiary/aromatic N) is 1. The molecule has 1 heterocycles. The van der Waals surface area contributed by atoms with Crippen molar-refractivity contribution in [3.8, 4) is 0 Å². The molecule has 1 aromatic carbocycles. The Labute approximate surface area is 121 Å². The predicted molar refractivity (Wildman–Crippen MR) is 81.3 cm³/mol. The van der Waals surface area contributed by atoms with E-state index in [1.54, 1.807) is 0 Å². The third-order valence-corrected chi connectivity index (χ3v) is 4.27. The van der Waals surface area contributed by atoms with Crippen molar-refractivity contribution < 1.29 is 9.90 Å². The first kappa shape index (κ1) is 15.0. The third kappa shape index (κ3) is 3.40. The molecular formula is C17H25NO2. The molecule has 20 heavy (non-hydrogen) atoms. The van der Waals surface area contributed by atoms with Crippen molar-refractivity contribution in [3.05, 3.63) is 34.4 Å². The van der Waals surface area contributed by atoms with Crippen LogP contribution in [-0.4, -0.2) is 35.6 Å². The molecule has 0 saturated carbocycles.